The van der Waals surface area contributed by atoms with Crippen molar-refractivity contribution in [3.05, 3.63) is 46.8 Å². The van der Waals surface area contributed by atoms with E-state index in [1.165, 1.54) is 29.7 Å². The van der Waals surface area contributed by atoms with E-state index in [4.69, 9.17) is 5.73 Å². The summed E-state index contributed by atoms with van der Waals surface area (Å²) in [6.45, 7) is 3.38. The second-order valence-electron chi connectivity index (χ2n) is 5.04. The fraction of sp³-hybridized carbons (Fsp3) is 0.429. The van der Waals surface area contributed by atoms with E-state index in [1.54, 1.807) is 0 Å². The molecule has 0 saturated heterocycles. The molecule has 0 bridgehead atoms. The number of aryl methyl sites for hydroxylation is 1. The maximum atomic E-state index is 5.73. The summed E-state index contributed by atoms with van der Waals surface area (Å²) in [6.07, 6.45) is 2.49. The van der Waals surface area contributed by atoms with Crippen LogP contribution in [0.25, 0.3) is 0 Å². The van der Waals surface area contributed by atoms with Crippen molar-refractivity contribution in [1.29, 1.82) is 0 Å². The van der Waals surface area contributed by atoms with Gasteiger partial charge in [-0.25, -0.2) is 4.68 Å². The number of aromatic nitrogens is 3. The van der Waals surface area contributed by atoms with Crippen LogP contribution in [0, 0.1) is 6.92 Å². The third-order valence-corrected chi connectivity index (χ3v) is 3.46. The molecule has 3 rings (SSSR count). The molecule has 18 heavy (non-hydrogen) atoms. The summed E-state index contributed by atoms with van der Waals surface area (Å²) in [4.78, 5) is 0. The average molecular weight is 242 g/mol. The summed E-state index contributed by atoms with van der Waals surface area (Å²) in [5, 5.41) is 8.45. The van der Waals surface area contributed by atoms with Gasteiger partial charge in [-0.3, -0.25) is 0 Å². The zero-order chi connectivity index (χ0) is 12.5. The minimum Gasteiger partial charge on any atom is -0.325 e. The Kier molecular flexibility index (Phi) is 2.88. The van der Waals surface area contributed by atoms with Gasteiger partial charge >= 0.3 is 0 Å². The van der Waals surface area contributed by atoms with Gasteiger partial charge in [0.25, 0.3) is 0 Å². The molecule has 0 aliphatic heterocycles. The average Bonchev–Trinajstić information content (AvgIpc) is 3.14. The van der Waals surface area contributed by atoms with Crippen LogP contribution >= 0.6 is 0 Å². The van der Waals surface area contributed by atoms with Gasteiger partial charge in [0.05, 0.1) is 17.9 Å². The van der Waals surface area contributed by atoms with Gasteiger partial charge in [0.2, 0.25) is 0 Å². The first kappa shape index (κ1) is 11.4. The number of nitrogens with zero attached hydrogens (tertiary/aromatic N) is 3. The zero-order valence-corrected chi connectivity index (χ0v) is 10.6. The summed E-state index contributed by atoms with van der Waals surface area (Å²) in [5.74, 6) is 0.629. The van der Waals surface area contributed by atoms with E-state index >= 15 is 0 Å². The summed E-state index contributed by atoms with van der Waals surface area (Å²) >= 11 is 0. The first-order valence-electron chi connectivity index (χ1n) is 6.46. The molecule has 1 heterocycles. The third kappa shape index (κ3) is 2.16. The zero-order valence-electron chi connectivity index (χ0n) is 10.6. The van der Waals surface area contributed by atoms with E-state index in [-0.39, 0.29) is 0 Å². The van der Waals surface area contributed by atoms with Crippen molar-refractivity contribution < 1.29 is 0 Å². The SMILES string of the molecule is Cc1ccc(Cn2nnc(CN)c2C2CC2)cc1. The van der Waals surface area contributed by atoms with Gasteiger partial charge in [-0.2, -0.15) is 0 Å². The predicted octanol–water partition coefficient (Wildman–Crippen LogP) is 1.97. The number of benzene rings is 1. The lowest BCUT2D eigenvalue weighted by Crippen LogP contribution is -2.08. The van der Waals surface area contributed by atoms with Crippen molar-refractivity contribution in [2.24, 2.45) is 5.73 Å². The van der Waals surface area contributed by atoms with E-state index in [2.05, 4.69) is 41.5 Å². The van der Waals surface area contributed by atoms with E-state index < -0.39 is 0 Å². The largest absolute Gasteiger partial charge is 0.325 e. The molecule has 1 aliphatic rings. The van der Waals surface area contributed by atoms with Gasteiger partial charge in [-0.1, -0.05) is 35.0 Å². The summed E-state index contributed by atoms with van der Waals surface area (Å²) in [7, 11) is 0. The smallest absolute Gasteiger partial charge is 0.0997 e. The second-order valence-corrected chi connectivity index (χ2v) is 5.04. The van der Waals surface area contributed by atoms with Crippen LogP contribution in [0.15, 0.2) is 24.3 Å². The fourth-order valence-electron chi connectivity index (χ4n) is 2.29. The maximum Gasteiger partial charge on any atom is 0.0997 e. The van der Waals surface area contributed by atoms with Crippen molar-refractivity contribution in [3.8, 4) is 0 Å². The third-order valence-electron chi connectivity index (χ3n) is 3.46. The molecule has 2 N–H and O–H groups in total. The fourth-order valence-corrected chi connectivity index (χ4v) is 2.29. The van der Waals surface area contributed by atoms with Crippen molar-refractivity contribution in [2.45, 2.75) is 38.8 Å². The molecule has 4 nitrogen and oxygen atoms in total. The van der Waals surface area contributed by atoms with Crippen LogP contribution in [0.5, 0.6) is 0 Å². The molecule has 0 radical (unpaired) electrons. The van der Waals surface area contributed by atoms with Gasteiger partial charge in [0.15, 0.2) is 0 Å². The van der Waals surface area contributed by atoms with E-state index in [1.807, 2.05) is 4.68 Å². The molecule has 0 spiro atoms. The number of nitrogens with two attached hydrogens (primary N) is 1. The van der Waals surface area contributed by atoms with Crippen LogP contribution in [-0.2, 0) is 13.1 Å². The molecule has 0 unspecified atom stereocenters. The Balaban J connectivity index is 1.88. The standard InChI is InChI=1S/C14H18N4/c1-10-2-4-11(5-3-10)9-18-14(12-6-7-12)13(8-15)16-17-18/h2-5,12H,6-9,15H2,1H3. The van der Waals surface area contributed by atoms with E-state index in [9.17, 15) is 0 Å². The molecule has 4 heteroatoms. The molecule has 1 aliphatic carbocycles. The van der Waals surface area contributed by atoms with Crippen LogP contribution in [0.2, 0.25) is 0 Å². The van der Waals surface area contributed by atoms with E-state index in [0.717, 1.165) is 12.2 Å². The van der Waals surface area contributed by atoms with Crippen molar-refractivity contribution in [1.82, 2.24) is 15.0 Å². The minimum atomic E-state index is 0.486. The molecule has 0 amide bonds. The normalized spacial score (nSPS) is 15.0. The predicted molar refractivity (Wildman–Crippen MR) is 70.2 cm³/mol. The topological polar surface area (TPSA) is 56.7 Å². The Bertz CT molecular complexity index is 537. The van der Waals surface area contributed by atoms with Crippen molar-refractivity contribution in [3.63, 3.8) is 0 Å². The van der Waals surface area contributed by atoms with Gasteiger partial charge in [0.1, 0.15) is 0 Å². The summed E-state index contributed by atoms with van der Waals surface area (Å²) in [6, 6.07) is 8.56. The molecule has 1 aromatic carbocycles. The summed E-state index contributed by atoms with van der Waals surface area (Å²) < 4.78 is 2.02. The quantitative estimate of drug-likeness (QED) is 0.891. The molecule has 94 valence electrons. The van der Waals surface area contributed by atoms with Gasteiger partial charge < -0.3 is 5.73 Å². The first-order chi connectivity index (χ1) is 8.78. The van der Waals surface area contributed by atoms with E-state index in [0.29, 0.717) is 12.5 Å². The lowest BCUT2D eigenvalue weighted by atomic mass is 10.1. The van der Waals surface area contributed by atoms with Gasteiger partial charge in [-0.15, -0.1) is 5.10 Å². The summed E-state index contributed by atoms with van der Waals surface area (Å²) in [5.41, 5.74) is 10.5. The van der Waals surface area contributed by atoms with Crippen LogP contribution < -0.4 is 5.73 Å². The second kappa shape index (κ2) is 4.53. The highest BCUT2D eigenvalue weighted by Crippen LogP contribution is 2.41. The molecule has 1 saturated carbocycles. The maximum absolute atomic E-state index is 5.73. The molecular weight excluding hydrogens is 224 g/mol. The van der Waals surface area contributed by atoms with Crippen molar-refractivity contribution >= 4 is 0 Å². The van der Waals surface area contributed by atoms with Crippen molar-refractivity contribution in [2.75, 3.05) is 0 Å². The number of rotatable bonds is 4. The highest BCUT2D eigenvalue weighted by Gasteiger charge is 2.30. The van der Waals surface area contributed by atoms with Crippen LogP contribution in [0.4, 0.5) is 0 Å². The monoisotopic (exact) mass is 242 g/mol. The molecule has 1 aromatic heterocycles. The lowest BCUT2D eigenvalue weighted by Gasteiger charge is -2.07. The number of hydrogen-bond acceptors (Lipinski definition) is 3. The Hall–Kier alpha value is -1.68. The van der Waals surface area contributed by atoms with Crippen LogP contribution in [0.1, 0.15) is 41.3 Å². The molecule has 0 atom stereocenters. The highest BCUT2D eigenvalue weighted by atomic mass is 15.4. The van der Waals surface area contributed by atoms with Crippen LogP contribution in [0.3, 0.4) is 0 Å². The Morgan fingerprint density at radius 1 is 1.28 bits per heavy atom. The Morgan fingerprint density at radius 2 is 2.00 bits per heavy atom. The number of hydrogen-bond donors (Lipinski definition) is 1. The molecular formula is C14H18N4. The highest BCUT2D eigenvalue weighted by molar-refractivity contribution is 5.24. The van der Waals surface area contributed by atoms with Gasteiger partial charge in [0, 0.05) is 12.5 Å². The lowest BCUT2D eigenvalue weighted by molar-refractivity contribution is 0.619. The first-order valence-corrected chi connectivity index (χ1v) is 6.46. The molecule has 2 aromatic rings. The minimum absolute atomic E-state index is 0.486. The van der Waals surface area contributed by atoms with Gasteiger partial charge in [-0.05, 0) is 25.3 Å². The molecule has 1 fully saturated rings. The Labute approximate surface area is 107 Å². The Morgan fingerprint density at radius 3 is 2.61 bits per heavy atom. The van der Waals surface area contributed by atoms with Crippen LogP contribution in [-0.4, -0.2) is 15.0 Å².